The van der Waals surface area contributed by atoms with Gasteiger partial charge in [0.05, 0.1) is 17.2 Å². The number of hydrogen-bond acceptors (Lipinski definition) is 5. The third-order valence-electron chi connectivity index (χ3n) is 4.49. The third kappa shape index (κ3) is 5.96. The van der Waals surface area contributed by atoms with Gasteiger partial charge in [0.15, 0.2) is 5.13 Å². The van der Waals surface area contributed by atoms with Crippen molar-refractivity contribution >= 4 is 51.6 Å². The second-order valence-electron chi connectivity index (χ2n) is 6.65. The number of rotatable bonds is 6. The number of thiazole rings is 1. The summed E-state index contributed by atoms with van der Waals surface area (Å²) in [7, 11) is 0. The lowest BCUT2D eigenvalue weighted by atomic mass is 9.99. The molecule has 1 aliphatic rings. The van der Waals surface area contributed by atoms with Gasteiger partial charge in [0, 0.05) is 29.1 Å². The molecule has 3 rings (SSSR count). The van der Waals surface area contributed by atoms with E-state index in [0.717, 1.165) is 37.2 Å². The predicted molar refractivity (Wildman–Crippen MR) is 113 cm³/mol. The highest BCUT2D eigenvalue weighted by Crippen LogP contribution is 2.26. The van der Waals surface area contributed by atoms with Crippen LogP contribution in [0, 0.1) is 5.92 Å². The molecule has 1 fully saturated rings. The van der Waals surface area contributed by atoms with E-state index in [1.807, 2.05) is 34.5 Å². The Morgan fingerprint density at radius 1 is 1.26 bits per heavy atom. The second-order valence-corrected chi connectivity index (χ2v) is 8.93. The molecule has 5 nitrogen and oxygen atoms in total. The van der Waals surface area contributed by atoms with Gasteiger partial charge in [-0.15, -0.1) is 23.1 Å². The minimum absolute atomic E-state index is 0.124. The molecule has 1 aromatic carbocycles. The van der Waals surface area contributed by atoms with Gasteiger partial charge < -0.3 is 10.2 Å². The van der Waals surface area contributed by atoms with Crippen LogP contribution in [-0.2, 0) is 9.59 Å². The monoisotopic (exact) mass is 423 g/mol. The first kappa shape index (κ1) is 20.2. The molecule has 144 valence electrons. The van der Waals surface area contributed by atoms with Crippen molar-refractivity contribution in [3.05, 3.63) is 34.7 Å². The summed E-state index contributed by atoms with van der Waals surface area (Å²) in [5.74, 6) is 1.27. The third-order valence-corrected chi connectivity index (χ3v) is 6.41. The summed E-state index contributed by atoms with van der Waals surface area (Å²) in [5, 5.41) is 5.93. The van der Waals surface area contributed by atoms with Crippen LogP contribution >= 0.6 is 34.7 Å². The van der Waals surface area contributed by atoms with Crippen LogP contribution in [0.2, 0.25) is 5.02 Å². The number of carbonyl (C=O) groups excluding carboxylic acids is 2. The zero-order valence-electron chi connectivity index (χ0n) is 15.1. The van der Waals surface area contributed by atoms with Gasteiger partial charge in [0.2, 0.25) is 11.8 Å². The number of likely N-dealkylation sites (tertiary alicyclic amines) is 1. The first-order valence-electron chi connectivity index (χ1n) is 8.88. The van der Waals surface area contributed by atoms with Crippen molar-refractivity contribution in [1.29, 1.82) is 0 Å². The molecule has 0 aliphatic carbocycles. The summed E-state index contributed by atoms with van der Waals surface area (Å²) in [6.07, 6.45) is 2.13. The first-order valence-corrected chi connectivity index (χ1v) is 11.3. The Kier molecular flexibility index (Phi) is 7.15. The largest absolute Gasteiger partial charge is 0.342 e. The van der Waals surface area contributed by atoms with E-state index < -0.39 is 0 Å². The molecular weight excluding hydrogens is 402 g/mol. The molecule has 2 amide bonds. The number of amides is 2. The number of piperidine rings is 1. The number of nitrogens with zero attached hydrogens (tertiary/aromatic N) is 2. The smallest absolute Gasteiger partial charge is 0.236 e. The summed E-state index contributed by atoms with van der Waals surface area (Å²) in [6.45, 7) is 3.89. The molecule has 1 aliphatic heterocycles. The zero-order valence-corrected chi connectivity index (χ0v) is 17.5. The lowest BCUT2D eigenvalue weighted by Gasteiger charge is -2.30. The molecule has 0 bridgehead atoms. The van der Waals surface area contributed by atoms with Crippen molar-refractivity contribution in [2.45, 2.75) is 19.8 Å². The number of nitrogens with one attached hydrogen (secondary N) is 1. The molecule has 2 aromatic rings. The van der Waals surface area contributed by atoms with E-state index in [-0.39, 0.29) is 17.6 Å². The molecule has 0 atom stereocenters. The number of carbonyl (C=O) groups is 2. The summed E-state index contributed by atoms with van der Waals surface area (Å²) >= 11 is 8.62. The second kappa shape index (κ2) is 9.57. The number of hydrogen-bond donors (Lipinski definition) is 1. The summed E-state index contributed by atoms with van der Waals surface area (Å²) in [6, 6.07) is 7.41. The van der Waals surface area contributed by atoms with E-state index in [0.29, 0.717) is 21.8 Å². The average Bonchev–Trinajstić information content (AvgIpc) is 3.11. The van der Waals surface area contributed by atoms with Gasteiger partial charge >= 0.3 is 0 Å². The molecule has 0 unspecified atom stereocenters. The van der Waals surface area contributed by atoms with Crippen LogP contribution in [0.15, 0.2) is 29.6 Å². The first-order chi connectivity index (χ1) is 13.0. The summed E-state index contributed by atoms with van der Waals surface area (Å²) in [4.78, 5) is 30.6. The maximum atomic E-state index is 12.2. The Balaban J connectivity index is 1.42. The average molecular weight is 424 g/mol. The minimum Gasteiger partial charge on any atom is -0.342 e. The van der Waals surface area contributed by atoms with Crippen molar-refractivity contribution in [2.75, 3.05) is 29.9 Å². The van der Waals surface area contributed by atoms with E-state index in [2.05, 4.69) is 17.2 Å². The lowest BCUT2D eigenvalue weighted by molar-refractivity contribution is -0.129. The highest BCUT2D eigenvalue weighted by molar-refractivity contribution is 8.00. The van der Waals surface area contributed by atoms with Gasteiger partial charge in [0.25, 0.3) is 0 Å². The predicted octanol–water partition coefficient (Wildman–Crippen LogP) is 4.39. The molecule has 27 heavy (non-hydrogen) atoms. The van der Waals surface area contributed by atoms with Gasteiger partial charge in [0.1, 0.15) is 0 Å². The number of anilines is 1. The zero-order chi connectivity index (χ0) is 19.2. The van der Waals surface area contributed by atoms with Crippen molar-refractivity contribution in [1.82, 2.24) is 9.88 Å². The molecule has 2 heterocycles. The summed E-state index contributed by atoms with van der Waals surface area (Å²) in [5.41, 5.74) is 1.75. The van der Waals surface area contributed by atoms with Crippen LogP contribution in [0.4, 0.5) is 5.13 Å². The number of benzene rings is 1. The van der Waals surface area contributed by atoms with Crippen molar-refractivity contribution in [3.63, 3.8) is 0 Å². The molecule has 0 radical (unpaired) electrons. The molecule has 0 saturated carbocycles. The fraction of sp³-hybridized carbons (Fsp3) is 0.421. The van der Waals surface area contributed by atoms with Crippen molar-refractivity contribution < 1.29 is 9.59 Å². The van der Waals surface area contributed by atoms with Crippen LogP contribution < -0.4 is 5.32 Å². The van der Waals surface area contributed by atoms with Gasteiger partial charge in [-0.05, 0) is 30.9 Å². The van der Waals surface area contributed by atoms with E-state index in [1.54, 1.807) is 0 Å². The standard InChI is InChI=1S/C19H22ClN3O2S2/c1-13-6-8-23(9-7-13)18(25)12-26-11-17(24)22-19-21-16(10-27-19)14-2-4-15(20)5-3-14/h2-5,10,13H,6-9,11-12H2,1H3,(H,21,22,24). The highest BCUT2D eigenvalue weighted by Gasteiger charge is 2.20. The fourth-order valence-corrected chi connectivity index (χ4v) is 4.40. The minimum atomic E-state index is -0.142. The Morgan fingerprint density at radius 3 is 2.67 bits per heavy atom. The van der Waals surface area contributed by atoms with Crippen molar-refractivity contribution in [3.8, 4) is 11.3 Å². The normalized spacial score (nSPS) is 15.0. The fourth-order valence-electron chi connectivity index (χ4n) is 2.82. The Hall–Kier alpha value is -1.57. The van der Waals surface area contributed by atoms with E-state index in [1.165, 1.54) is 23.1 Å². The van der Waals surface area contributed by atoms with Gasteiger partial charge in [-0.1, -0.05) is 30.7 Å². The molecular formula is C19H22ClN3O2S2. The Bertz CT molecular complexity index is 787. The number of aromatic nitrogens is 1. The number of thioether (sulfide) groups is 1. The van der Waals surface area contributed by atoms with Crippen LogP contribution in [0.5, 0.6) is 0 Å². The molecule has 8 heteroatoms. The highest BCUT2D eigenvalue weighted by atomic mass is 35.5. The topological polar surface area (TPSA) is 62.3 Å². The maximum absolute atomic E-state index is 12.2. The quantitative estimate of drug-likeness (QED) is 0.748. The molecule has 1 N–H and O–H groups in total. The van der Waals surface area contributed by atoms with E-state index >= 15 is 0 Å². The molecule has 1 aromatic heterocycles. The number of halogens is 1. The molecule has 1 saturated heterocycles. The summed E-state index contributed by atoms with van der Waals surface area (Å²) < 4.78 is 0. The van der Waals surface area contributed by atoms with Crippen LogP contribution in [0.3, 0.4) is 0 Å². The van der Waals surface area contributed by atoms with Gasteiger partial charge in [-0.3, -0.25) is 9.59 Å². The lowest BCUT2D eigenvalue weighted by Crippen LogP contribution is -2.39. The van der Waals surface area contributed by atoms with E-state index in [9.17, 15) is 9.59 Å². The van der Waals surface area contributed by atoms with Crippen LogP contribution in [0.25, 0.3) is 11.3 Å². The van der Waals surface area contributed by atoms with Gasteiger partial charge in [-0.2, -0.15) is 0 Å². The van der Waals surface area contributed by atoms with Crippen molar-refractivity contribution in [2.24, 2.45) is 5.92 Å². The van der Waals surface area contributed by atoms with Crippen LogP contribution in [0.1, 0.15) is 19.8 Å². The van der Waals surface area contributed by atoms with E-state index in [4.69, 9.17) is 11.6 Å². The maximum Gasteiger partial charge on any atom is 0.236 e. The Labute approximate surface area is 172 Å². The SMILES string of the molecule is CC1CCN(C(=O)CSCC(=O)Nc2nc(-c3ccc(Cl)cc3)cs2)CC1. The van der Waals surface area contributed by atoms with Gasteiger partial charge in [-0.25, -0.2) is 4.98 Å². The molecule has 0 spiro atoms. The Morgan fingerprint density at radius 2 is 1.96 bits per heavy atom. The van der Waals surface area contributed by atoms with Crippen LogP contribution in [-0.4, -0.2) is 46.3 Å².